The molecule has 1 aromatic rings. The van der Waals surface area contributed by atoms with Gasteiger partial charge in [0.15, 0.2) is 11.5 Å². The Kier molecular flexibility index (Phi) is 7.64. The summed E-state index contributed by atoms with van der Waals surface area (Å²) >= 11 is 0. The quantitative estimate of drug-likeness (QED) is 0.492. The minimum absolute atomic E-state index is 0.0152. The largest absolute Gasteiger partial charge is 0.546 e. The Bertz CT molecular complexity index is 747. The summed E-state index contributed by atoms with van der Waals surface area (Å²) in [6.45, 7) is 2.54. The van der Waals surface area contributed by atoms with Gasteiger partial charge in [0.05, 0.1) is 18.7 Å². The van der Waals surface area contributed by atoms with Crippen LogP contribution in [0.3, 0.4) is 0 Å². The van der Waals surface area contributed by atoms with E-state index in [4.69, 9.17) is 14.2 Å². The maximum absolute atomic E-state index is 12.2. The normalized spacial score (nSPS) is 16.4. The van der Waals surface area contributed by atoms with Gasteiger partial charge in [-0.15, -0.1) is 0 Å². The SMILES string of the molecule is CCOc1cc(/C=C(\C#N)C(=O)NC[C@@H]2CCCO2)ccc1OCC(=O)[O-]. The fraction of sp³-hybridized carbons (Fsp3) is 0.421. The predicted molar refractivity (Wildman–Crippen MR) is 93.7 cm³/mol. The van der Waals surface area contributed by atoms with E-state index in [1.165, 1.54) is 12.1 Å². The van der Waals surface area contributed by atoms with Crippen molar-refractivity contribution in [1.82, 2.24) is 5.32 Å². The van der Waals surface area contributed by atoms with Crippen molar-refractivity contribution < 1.29 is 28.9 Å². The van der Waals surface area contributed by atoms with Gasteiger partial charge in [-0.05, 0) is 43.5 Å². The molecule has 2 rings (SSSR count). The van der Waals surface area contributed by atoms with Gasteiger partial charge in [0.1, 0.15) is 18.2 Å². The third kappa shape index (κ3) is 6.31. The fourth-order valence-electron chi connectivity index (χ4n) is 2.56. The molecule has 1 fully saturated rings. The molecule has 1 aromatic carbocycles. The van der Waals surface area contributed by atoms with Gasteiger partial charge in [0, 0.05) is 13.2 Å². The topological polar surface area (TPSA) is 121 Å². The molecule has 1 saturated heterocycles. The predicted octanol–water partition coefficient (Wildman–Crippen LogP) is 0.416. The fourth-order valence-corrected chi connectivity index (χ4v) is 2.56. The van der Waals surface area contributed by atoms with Crippen LogP contribution >= 0.6 is 0 Å². The Balaban J connectivity index is 2.11. The Morgan fingerprint density at radius 3 is 2.85 bits per heavy atom. The zero-order chi connectivity index (χ0) is 19.6. The van der Waals surface area contributed by atoms with Gasteiger partial charge < -0.3 is 29.4 Å². The van der Waals surface area contributed by atoms with Crippen molar-refractivity contribution in [2.45, 2.75) is 25.9 Å². The highest BCUT2D eigenvalue weighted by molar-refractivity contribution is 6.01. The lowest BCUT2D eigenvalue weighted by Gasteiger charge is -2.13. The minimum atomic E-state index is -1.35. The first kappa shape index (κ1) is 20.3. The van der Waals surface area contributed by atoms with E-state index < -0.39 is 18.5 Å². The van der Waals surface area contributed by atoms with E-state index in [0.29, 0.717) is 31.1 Å². The number of carbonyl (C=O) groups is 2. The molecular weight excluding hydrogens is 352 g/mol. The Morgan fingerprint density at radius 1 is 1.41 bits per heavy atom. The molecule has 1 atom stereocenters. The summed E-state index contributed by atoms with van der Waals surface area (Å²) in [4.78, 5) is 22.8. The third-order valence-corrected chi connectivity index (χ3v) is 3.80. The van der Waals surface area contributed by atoms with Gasteiger partial charge in [0.25, 0.3) is 5.91 Å². The molecule has 0 aromatic heterocycles. The number of nitriles is 1. The first-order chi connectivity index (χ1) is 13.0. The summed E-state index contributed by atoms with van der Waals surface area (Å²) < 4.78 is 16.0. The number of hydrogen-bond donors (Lipinski definition) is 1. The van der Waals surface area contributed by atoms with Gasteiger partial charge in [-0.3, -0.25) is 4.79 Å². The molecule has 0 spiro atoms. The molecule has 0 bridgehead atoms. The lowest BCUT2D eigenvalue weighted by atomic mass is 10.1. The van der Waals surface area contributed by atoms with E-state index in [-0.39, 0.29) is 17.4 Å². The first-order valence-electron chi connectivity index (χ1n) is 8.64. The van der Waals surface area contributed by atoms with E-state index in [0.717, 1.165) is 12.8 Å². The molecule has 27 heavy (non-hydrogen) atoms. The second kappa shape index (κ2) is 10.2. The molecule has 8 heteroatoms. The summed E-state index contributed by atoms with van der Waals surface area (Å²) in [7, 11) is 0. The van der Waals surface area contributed by atoms with Crippen LogP contribution in [0.25, 0.3) is 6.08 Å². The summed E-state index contributed by atoms with van der Waals surface area (Å²) in [6.07, 6.45) is 3.26. The number of aliphatic carboxylic acids is 1. The van der Waals surface area contributed by atoms with Gasteiger partial charge in [0.2, 0.25) is 0 Å². The minimum Gasteiger partial charge on any atom is -0.546 e. The zero-order valence-electron chi connectivity index (χ0n) is 15.0. The number of carboxylic acid groups (broad SMARTS) is 1. The highest BCUT2D eigenvalue weighted by atomic mass is 16.5. The van der Waals surface area contributed by atoms with Gasteiger partial charge in [-0.1, -0.05) is 6.07 Å². The molecule has 8 nitrogen and oxygen atoms in total. The van der Waals surface area contributed by atoms with Crippen LogP contribution in [-0.4, -0.2) is 44.3 Å². The number of benzene rings is 1. The maximum Gasteiger partial charge on any atom is 0.262 e. The number of carboxylic acids is 1. The first-order valence-corrected chi connectivity index (χ1v) is 8.64. The Morgan fingerprint density at radius 2 is 2.22 bits per heavy atom. The molecule has 0 unspecified atom stereocenters. The lowest BCUT2D eigenvalue weighted by Crippen LogP contribution is -2.32. The highest BCUT2D eigenvalue weighted by Crippen LogP contribution is 2.29. The van der Waals surface area contributed by atoms with E-state index in [9.17, 15) is 20.0 Å². The second-order valence-electron chi connectivity index (χ2n) is 5.81. The van der Waals surface area contributed by atoms with Crippen molar-refractivity contribution in [3.63, 3.8) is 0 Å². The van der Waals surface area contributed by atoms with Crippen LogP contribution < -0.4 is 19.9 Å². The van der Waals surface area contributed by atoms with Gasteiger partial charge in [-0.2, -0.15) is 5.26 Å². The lowest BCUT2D eigenvalue weighted by molar-refractivity contribution is -0.307. The molecule has 1 aliphatic heterocycles. The smallest absolute Gasteiger partial charge is 0.262 e. The summed E-state index contributed by atoms with van der Waals surface area (Å²) in [6, 6.07) is 6.56. The number of ether oxygens (including phenoxy) is 3. The van der Waals surface area contributed by atoms with Crippen molar-refractivity contribution in [1.29, 1.82) is 5.26 Å². The van der Waals surface area contributed by atoms with Crippen LogP contribution in [0.2, 0.25) is 0 Å². The number of carbonyl (C=O) groups excluding carboxylic acids is 2. The van der Waals surface area contributed by atoms with E-state index in [1.807, 2.05) is 6.07 Å². The third-order valence-electron chi connectivity index (χ3n) is 3.80. The molecule has 1 aliphatic rings. The van der Waals surface area contributed by atoms with Gasteiger partial charge >= 0.3 is 0 Å². The average molecular weight is 373 g/mol. The number of hydrogen-bond acceptors (Lipinski definition) is 7. The van der Waals surface area contributed by atoms with Crippen molar-refractivity contribution in [3.8, 4) is 17.6 Å². The van der Waals surface area contributed by atoms with Crippen LogP contribution in [0.4, 0.5) is 0 Å². The molecular formula is C19H21N2O6-. The van der Waals surface area contributed by atoms with Crippen molar-refractivity contribution in [2.24, 2.45) is 0 Å². The van der Waals surface area contributed by atoms with Crippen molar-refractivity contribution >= 4 is 18.0 Å². The number of nitrogens with one attached hydrogen (secondary N) is 1. The number of nitrogens with zero attached hydrogens (tertiary/aromatic N) is 1. The van der Waals surface area contributed by atoms with Crippen molar-refractivity contribution in [3.05, 3.63) is 29.3 Å². The second-order valence-corrected chi connectivity index (χ2v) is 5.81. The Labute approximate surface area is 157 Å². The average Bonchev–Trinajstić information content (AvgIpc) is 3.17. The molecule has 1 amide bonds. The molecule has 0 radical (unpaired) electrons. The van der Waals surface area contributed by atoms with Gasteiger partial charge in [-0.25, -0.2) is 0 Å². The maximum atomic E-state index is 12.2. The molecule has 0 saturated carbocycles. The summed E-state index contributed by atoms with van der Waals surface area (Å²) in [5.41, 5.74) is 0.488. The standard InChI is InChI=1S/C19H22N2O6/c1-2-25-17-9-13(5-6-16(17)27-12-18(22)23)8-14(10-20)19(24)21-11-15-4-3-7-26-15/h5-6,8-9,15H,2-4,7,11-12H2,1H3,(H,21,24)(H,22,23)/p-1/b14-8+/t15-/m0/s1. The molecule has 1 heterocycles. The van der Waals surface area contributed by atoms with E-state index in [2.05, 4.69) is 5.32 Å². The van der Waals surface area contributed by atoms with Crippen LogP contribution in [0.1, 0.15) is 25.3 Å². The molecule has 144 valence electrons. The van der Waals surface area contributed by atoms with Crippen LogP contribution in [0, 0.1) is 11.3 Å². The Hall–Kier alpha value is -3.05. The molecule has 0 aliphatic carbocycles. The number of rotatable bonds is 9. The van der Waals surface area contributed by atoms with Crippen LogP contribution in [-0.2, 0) is 14.3 Å². The van der Waals surface area contributed by atoms with E-state index in [1.54, 1.807) is 19.1 Å². The monoisotopic (exact) mass is 373 g/mol. The van der Waals surface area contributed by atoms with Crippen molar-refractivity contribution in [2.75, 3.05) is 26.4 Å². The van der Waals surface area contributed by atoms with Crippen LogP contribution in [0.15, 0.2) is 23.8 Å². The van der Waals surface area contributed by atoms with Crippen LogP contribution in [0.5, 0.6) is 11.5 Å². The summed E-state index contributed by atoms with van der Waals surface area (Å²) in [5.74, 6) is -1.29. The summed E-state index contributed by atoms with van der Waals surface area (Å²) in [5, 5.41) is 22.5. The highest BCUT2D eigenvalue weighted by Gasteiger charge is 2.17. The van der Waals surface area contributed by atoms with E-state index >= 15 is 0 Å². The number of amides is 1. The molecule has 1 N–H and O–H groups in total. The zero-order valence-corrected chi connectivity index (χ0v) is 15.0.